The van der Waals surface area contributed by atoms with Crippen LogP contribution in [0.25, 0.3) is 27.8 Å². The number of Topliss-reactive ketones (excluding diaryl/α,β-unsaturated/α-hetero) is 1. The SMILES string of the molecule is CC(=O)[C@H](C)Sc1ncnc2c1c(-c1ccccc1)cn2-c1ccc(F)cc1. The lowest BCUT2D eigenvalue weighted by Gasteiger charge is -2.09. The number of nitrogens with zero attached hydrogens (tertiary/aromatic N) is 3. The highest BCUT2D eigenvalue weighted by Gasteiger charge is 2.20. The van der Waals surface area contributed by atoms with Crippen LogP contribution in [0.15, 0.2) is 72.1 Å². The highest BCUT2D eigenvalue weighted by atomic mass is 32.2. The van der Waals surface area contributed by atoms with Crippen molar-refractivity contribution in [3.05, 3.63) is 72.9 Å². The third-order valence-corrected chi connectivity index (χ3v) is 5.82. The average Bonchev–Trinajstić information content (AvgIpc) is 3.10. The highest BCUT2D eigenvalue weighted by molar-refractivity contribution is 8.00. The minimum Gasteiger partial charge on any atom is -0.301 e. The Morgan fingerprint density at radius 2 is 1.79 bits per heavy atom. The van der Waals surface area contributed by atoms with Crippen LogP contribution in [0.4, 0.5) is 4.39 Å². The quantitative estimate of drug-likeness (QED) is 0.342. The van der Waals surface area contributed by atoms with Gasteiger partial charge in [0.15, 0.2) is 0 Å². The van der Waals surface area contributed by atoms with Gasteiger partial charge in [-0.1, -0.05) is 42.1 Å². The first-order chi connectivity index (χ1) is 13.5. The molecule has 0 saturated carbocycles. The van der Waals surface area contributed by atoms with Gasteiger partial charge in [0.05, 0.1) is 10.6 Å². The fourth-order valence-electron chi connectivity index (χ4n) is 3.01. The minimum absolute atomic E-state index is 0.0935. The summed E-state index contributed by atoms with van der Waals surface area (Å²) in [7, 11) is 0. The molecule has 6 heteroatoms. The number of thioether (sulfide) groups is 1. The van der Waals surface area contributed by atoms with E-state index >= 15 is 0 Å². The van der Waals surface area contributed by atoms with Crippen molar-refractivity contribution in [3.63, 3.8) is 0 Å². The summed E-state index contributed by atoms with van der Waals surface area (Å²) in [5.74, 6) is -0.194. The van der Waals surface area contributed by atoms with E-state index in [0.29, 0.717) is 0 Å². The standard InChI is InChI=1S/C22H18FN3OS/c1-14(27)15(2)28-22-20-19(16-6-4-3-5-7-16)12-26(21(20)24-13-25-22)18-10-8-17(23)9-11-18/h3-13,15H,1-2H3/t15-/m0/s1. The van der Waals surface area contributed by atoms with Gasteiger partial charge in [-0.2, -0.15) is 0 Å². The molecule has 1 atom stereocenters. The van der Waals surface area contributed by atoms with Crippen molar-refractivity contribution in [1.82, 2.24) is 14.5 Å². The number of fused-ring (bicyclic) bond motifs is 1. The zero-order chi connectivity index (χ0) is 19.7. The maximum atomic E-state index is 13.4. The molecule has 0 aliphatic rings. The predicted octanol–water partition coefficient (Wildman–Crippen LogP) is 5.30. The lowest BCUT2D eigenvalue weighted by Crippen LogP contribution is -2.08. The van der Waals surface area contributed by atoms with Gasteiger partial charge in [0.2, 0.25) is 0 Å². The van der Waals surface area contributed by atoms with Gasteiger partial charge in [0, 0.05) is 17.4 Å². The van der Waals surface area contributed by atoms with Crippen LogP contribution in [-0.2, 0) is 4.79 Å². The lowest BCUT2D eigenvalue weighted by atomic mass is 10.1. The molecule has 0 aliphatic carbocycles. The van der Waals surface area contributed by atoms with Crippen molar-refractivity contribution >= 4 is 28.6 Å². The first-order valence-electron chi connectivity index (χ1n) is 8.89. The monoisotopic (exact) mass is 391 g/mol. The Labute approximate surface area is 166 Å². The summed E-state index contributed by atoms with van der Waals surface area (Å²) in [6, 6.07) is 16.3. The van der Waals surface area contributed by atoms with Crippen LogP contribution in [0.3, 0.4) is 0 Å². The summed E-state index contributed by atoms with van der Waals surface area (Å²) in [5.41, 5.74) is 3.53. The summed E-state index contributed by atoms with van der Waals surface area (Å²) < 4.78 is 15.3. The molecule has 0 radical (unpaired) electrons. The second-order valence-corrected chi connectivity index (χ2v) is 7.83. The maximum Gasteiger partial charge on any atom is 0.149 e. The van der Waals surface area contributed by atoms with Crippen molar-refractivity contribution in [2.45, 2.75) is 24.1 Å². The Morgan fingerprint density at radius 3 is 2.46 bits per heavy atom. The van der Waals surface area contributed by atoms with Gasteiger partial charge in [0.1, 0.15) is 28.6 Å². The molecule has 2 heterocycles. The van der Waals surface area contributed by atoms with E-state index in [0.717, 1.165) is 32.9 Å². The van der Waals surface area contributed by atoms with Crippen molar-refractivity contribution in [1.29, 1.82) is 0 Å². The van der Waals surface area contributed by atoms with Gasteiger partial charge in [-0.25, -0.2) is 14.4 Å². The highest BCUT2D eigenvalue weighted by Crippen LogP contribution is 2.38. The number of rotatable bonds is 5. The van der Waals surface area contributed by atoms with Crippen molar-refractivity contribution in [2.24, 2.45) is 0 Å². The lowest BCUT2D eigenvalue weighted by molar-refractivity contribution is -0.116. The van der Waals surface area contributed by atoms with E-state index in [9.17, 15) is 9.18 Å². The molecule has 0 aliphatic heterocycles. The summed E-state index contributed by atoms with van der Waals surface area (Å²) in [6.07, 6.45) is 3.50. The molecule has 0 saturated heterocycles. The number of hydrogen-bond donors (Lipinski definition) is 0. The molecular weight excluding hydrogens is 373 g/mol. The van der Waals surface area contributed by atoms with Gasteiger partial charge < -0.3 is 4.57 Å². The molecule has 28 heavy (non-hydrogen) atoms. The van der Waals surface area contributed by atoms with Crippen LogP contribution in [0.5, 0.6) is 0 Å². The molecule has 0 fully saturated rings. The number of benzene rings is 2. The van der Waals surface area contributed by atoms with E-state index < -0.39 is 0 Å². The fraction of sp³-hybridized carbons (Fsp3) is 0.136. The van der Waals surface area contributed by atoms with Gasteiger partial charge in [0.25, 0.3) is 0 Å². The fourth-order valence-corrected chi connectivity index (χ4v) is 3.94. The minimum atomic E-state index is -0.287. The second-order valence-electron chi connectivity index (χ2n) is 6.50. The van der Waals surface area contributed by atoms with Gasteiger partial charge >= 0.3 is 0 Å². The van der Waals surface area contributed by atoms with Crippen LogP contribution in [-0.4, -0.2) is 25.6 Å². The van der Waals surface area contributed by atoms with Gasteiger partial charge in [-0.05, 0) is 43.7 Å². The molecule has 0 amide bonds. The van der Waals surface area contributed by atoms with E-state index in [4.69, 9.17) is 0 Å². The third kappa shape index (κ3) is 3.43. The van der Waals surface area contributed by atoms with Crippen LogP contribution < -0.4 is 0 Å². The number of hydrogen-bond acceptors (Lipinski definition) is 4. The van der Waals surface area contributed by atoms with E-state index in [1.54, 1.807) is 19.1 Å². The number of halogens is 1. The Hall–Kier alpha value is -2.99. The van der Waals surface area contributed by atoms with E-state index in [2.05, 4.69) is 9.97 Å². The summed E-state index contributed by atoms with van der Waals surface area (Å²) in [4.78, 5) is 20.8. The zero-order valence-electron chi connectivity index (χ0n) is 15.5. The van der Waals surface area contributed by atoms with Crippen LogP contribution >= 0.6 is 11.8 Å². The topological polar surface area (TPSA) is 47.8 Å². The molecule has 0 spiro atoms. The summed E-state index contributed by atoms with van der Waals surface area (Å²) in [6.45, 7) is 3.46. The number of aromatic nitrogens is 3. The molecule has 2 aromatic heterocycles. The first-order valence-corrected chi connectivity index (χ1v) is 9.77. The largest absolute Gasteiger partial charge is 0.301 e. The van der Waals surface area contributed by atoms with Gasteiger partial charge in [-0.3, -0.25) is 4.79 Å². The number of ketones is 1. The maximum absolute atomic E-state index is 13.4. The summed E-state index contributed by atoms with van der Waals surface area (Å²) in [5, 5.41) is 1.43. The number of carbonyl (C=O) groups excluding carboxylic acids is 1. The third-order valence-electron chi connectivity index (χ3n) is 4.60. The molecule has 140 valence electrons. The molecular formula is C22H18FN3OS. The van der Waals surface area contributed by atoms with Crippen molar-refractivity contribution < 1.29 is 9.18 Å². The van der Waals surface area contributed by atoms with E-state index in [-0.39, 0.29) is 16.9 Å². The Kier molecular flexibility index (Phi) is 4.96. The van der Waals surface area contributed by atoms with Crippen LogP contribution in [0.1, 0.15) is 13.8 Å². The van der Waals surface area contributed by atoms with Crippen molar-refractivity contribution in [2.75, 3.05) is 0 Å². The Bertz CT molecular complexity index is 1140. The smallest absolute Gasteiger partial charge is 0.149 e. The van der Waals surface area contributed by atoms with E-state index in [1.165, 1.54) is 30.2 Å². The Balaban J connectivity index is 1.97. The van der Waals surface area contributed by atoms with Gasteiger partial charge in [-0.15, -0.1) is 0 Å². The molecule has 0 unspecified atom stereocenters. The molecule has 4 rings (SSSR count). The number of carbonyl (C=O) groups is 1. The molecule has 4 nitrogen and oxygen atoms in total. The molecule has 0 bridgehead atoms. The van der Waals surface area contributed by atoms with Crippen molar-refractivity contribution in [3.8, 4) is 16.8 Å². The molecule has 0 N–H and O–H groups in total. The average molecular weight is 391 g/mol. The summed E-state index contributed by atoms with van der Waals surface area (Å²) >= 11 is 1.43. The van der Waals surface area contributed by atoms with Crippen LogP contribution in [0, 0.1) is 5.82 Å². The predicted molar refractivity (Wildman–Crippen MR) is 110 cm³/mol. The Morgan fingerprint density at radius 1 is 1.07 bits per heavy atom. The van der Waals surface area contributed by atoms with E-state index in [1.807, 2.05) is 48.0 Å². The molecule has 2 aromatic carbocycles. The normalized spacial score (nSPS) is 12.2. The zero-order valence-corrected chi connectivity index (χ0v) is 16.3. The molecule has 4 aromatic rings. The van der Waals surface area contributed by atoms with Crippen LogP contribution in [0.2, 0.25) is 0 Å². The second kappa shape index (κ2) is 7.56. The first kappa shape index (κ1) is 18.4.